The highest BCUT2D eigenvalue weighted by atomic mass is 16.4. The number of fused-ring (bicyclic) bond motifs is 2. The van der Waals surface area contributed by atoms with Crippen molar-refractivity contribution >= 4 is 21.9 Å². The van der Waals surface area contributed by atoms with E-state index in [-0.39, 0.29) is 5.63 Å². The first-order valence-electron chi connectivity index (χ1n) is 7.57. The van der Waals surface area contributed by atoms with Gasteiger partial charge in [-0.05, 0) is 38.0 Å². The van der Waals surface area contributed by atoms with Gasteiger partial charge in [-0.2, -0.15) is 0 Å². The standard InChI is InChI=1S/C20H16O3/c1-11-4-6-14(7-5-11)17-10-22-19-13(3)20-15(9-16(17)19)12(2)8-18(21)23-20/h4-10H,1-3H3. The first-order chi connectivity index (χ1) is 11.0. The molecule has 2 aromatic heterocycles. The van der Waals surface area contributed by atoms with Crippen LogP contribution in [0, 0.1) is 20.8 Å². The van der Waals surface area contributed by atoms with E-state index in [2.05, 4.69) is 37.3 Å². The van der Waals surface area contributed by atoms with Gasteiger partial charge >= 0.3 is 5.63 Å². The van der Waals surface area contributed by atoms with Crippen LogP contribution in [0.3, 0.4) is 0 Å². The van der Waals surface area contributed by atoms with Crippen molar-refractivity contribution in [1.82, 2.24) is 0 Å². The van der Waals surface area contributed by atoms with Gasteiger partial charge in [-0.3, -0.25) is 0 Å². The fraction of sp³-hybridized carbons (Fsp3) is 0.150. The van der Waals surface area contributed by atoms with Crippen molar-refractivity contribution in [3.8, 4) is 11.1 Å². The van der Waals surface area contributed by atoms with E-state index < -0.39 is 0 Å². The Morgan fingerprint density at radius 3 is 2.35 bits per heavy atom. The predicted molar refractivity (Wildman–Crippen MR) is 91.9 cm³/mol. The van der Waals surface area contributed by atoms with E-state index in [1.54, 1.807) is 6.26 Å². The Morgan fingerprint density at radius 2 is 1.61 bits per heavy atom. The van der Waals surface area contributed by atoms with Crippen molar-refractivity contribution in [3.63, 3.8) is 0 Å². The Kier molecular flexibility index (Phi) is 2.91. The van der Waals surface area contributed by atoms with Gasteiger partial charge in [0.25, 0.3) is 0 Å². The highest BCUT2D eigenvalue weighted by Crippen LogP contribution is 2.36. The van der Waals surface area contributed by atoms with Gasteiger partial charge in [0.2, 0.25) is 0 Å². The van der Waals surface area contributed by atoms with Crippen LogP contribution >= 0.6 is 0 Å². The number of rotatable bonds is 1. The molecule has 4 aromatic rings. The van der Waals surface area contributed by atoms with Crippen LogP contribution in [0.15, 0.2) is 56.3 Å². The molecule has 0 N–H and O–H groups in total. The Labute approximate surface area is 133 Å². The van der Waals surface area contributed by atoms with Gasteiger partial charge < -0.3 is 8.83 Å². The third kappa shape index (κ3) is 2.08. The fourth-order valence-corrected chi connectivity index (χ4v) is 3.08. The van der Waals surface area contributed by atoms with Crippen LogP contribution in [0.2, 0.25) is 0 Å². The molecule has 3 heteroatoms. The molecular weight excluding hydrogens is 288 g/mol. The maximum atomic E-state index is 11.7. The summed E-state index contributed by atoms with van der Waals surface area (Å²) in [4.78, 5) is 11.7. The minimum Gasteiger partial charge on any atom is -0.463 e. The van der Waals surface area contributed by atoms with Crippen LogP contribution < -0.4 is 5.63 Å². The van der Waals surface area contributed by atoms with Crippen molar-refractivity contribution < 1.29 is 8.83 Å². The Balaban J connectivity index is 2.10. The number of hydrogen-bond donors (Lipinski definition) is 0. The van der Waals surface area contributed by atoms with E-state index in [4.69, 9.17) is 8.83 Å². The molecule has 0 aliphatic carbocycles. The lowest BCUT2D eigenvalue weighted by Gasteiger charge is -2.05. The zero-order valence-corrected chi connectivity index (χ0v) is 13.3. The molecule has 0 aliphatic heterocycles. The molecule has 0 fully saturated rings. The van der Waals surface area contributed by atoms with E-state index in [1.165, 1.54) is 11.6 Å². The second kappa shape index (κ2) is 4.85. The molecule has 0 saturated heterocycles. The van der Waals surface area contributed by atoms with Crippen LogP contribution in [-0.2, 0) is 0 Å². The average Bonchev–Trinajstić information content (AvgIpc) is 2.94. The Bertz CT molecular complexity index is 1100. The van der Waals surface area contributed by atoms with Crippen molar-refractivity contribution in [1.29, 1.82) is 0 Å². The predicted octanol–water partition coefficient (Wildman–Crippen LogP) is 5.13. The van der Waals surface area contributed by atoms with Gasteiger partial charge in [0.05, 0.1) is 6.26 Å². The summed E-state index contributed by atoms with van der Waals surface area (Å²) in [6.07, 6.45) is 1.77. The first-order valence-corrected chi connectivity index (χ1v) is 7.57. The third-order valence-corrected chi connectivity index (χ3v) is 4.37. The molecule has 0 radical (unpaired) electrons. The van der Waals surface area contributed by atoms with Crippen LogP contribution in [0.1, 0.15) is 16.7 Å². The number of hydrogen-bond acceptors (Lipinski definition) is 3. The normalized spacial score (nSPS) is 11.4. The van der Waals surface area contributed by atoms with Crippen LogP contribution in [0.25, 0.3) is 33.1 Å². The van der Waals surface area contributed by atoms with E-state index >= 15 is 0 Å². The summed E-state index contributed by atoms with van der Waals surface area (Å²) in [7, 11) is 0. The summed E-state index contributed by atoms with van der Waals surface area (Å²) >= 11 is 0. The zero-order chi connectivity index (χ0) is 16.1. The van der Waals surface area contributed by atoms with Crippen LogP contribution in [-0.4, -0.2) is 0 Å². The zero-order valence-electron chi connectivity index (χ0n) is 13.3. The summed E-state index contributed by atoms with van der Waals surface area (Å²) < 4.78 is 11.2. The highest BCUT2D eigenvalue weighted by molar-refractivity contribution is 6.04. The molecule has 0 spiro atoms. The summed E-state index contributed by atoms with van der Waals surface area (Å²) in [5.41, 5.74) is 6.20. The van der Waals surface area contributed by atoms with Crippen molar-refractivity contribution in [2.24, 2.45) is 0 Å². The second-order valence-electron chi connectivity index (χ2n) is 6.02. The van der Waals surface area contributed by atoms with Crippen molar-refractivity contribution in [2.45, 2.75) is 20.8 Å². The maximum absolute atomic E-state index is 11.7. The van der Waals surface area contributed by atoms with Crippen molar-refractivity contribution in [3.05, 3.63) is 69.8 Å². The van der Waals surface area contributed by atoms with Gasteiger partial charge in [0.15, 0.2) is 0 Å². The van der Waals surface area contributed by atoms with Crippen LogP contribution in [0.5, 0.6) is 0 Å². The van der Waals surface area contributed by atoms with Gasteiger partial charge in [0, 0.05) is 28.0 Å². The molecule has 4 rings (SSSR count). The average molecular weight is 304 g/mol. The molecule has 0 saturated carbocycles. The second-order valence-corrected chi connectivity index (χ2v) is 6.02. The Morgan fingerprint density at radius 1 is 0.870 bits per heavy atom. The minimum atomic E-state index is -0.331. The smallest absolute Gasteiger partial charge is 0.336 e. The summed E-state index contributed by atoms with van der Waals surface area (Å²) in [6, 6.07) is 11.9. The molecule has 114 valence electrons. The van der Waals surface area contributed by atoms with E-state index in [1.807, 2.05) is 13.8 Å². The van der Waals surface area contributed by atoms with E-state index in [0.717, 1.165) is 38.6 Å². The molecule has 0 atom stereocenters. The molecule has 2 aromatic carbocycles. The molecule has 0 aliphatic rings. The van der Waals surface area contributed by atoms with Crippen LogP contribution in [0.4, 0.5) is 0 Å². The van der Waals surface area contributed by atoms with Gasteiger partial charge in [-0.25, -0.2) is 4.79 Å². The molecular formula is C20H16O3. The van der Waals surface area contributed by atoms with Crippen molar-refractivity contribution in [2.75, 3.05) is 0 Å². The van der Waals surface area contributed by atoms with E-state index in [0.29, 0.717) is 5.58 Å². The molecule has 0 amide bonds. The van der Waals surface area contributed by atoms with Gasteiger partial charge in [-0.15, -0.1) is 0 Å². The molecule has 0 unspecified atom stereocenters. The molecule has 0 bridgehead atoms. The minimum absolute atomic E-state index is 0.331. The van der Waals surface area contributed by atoms with E-state index in [9.17, 15) is 4.79 Å². The van der Waals surface area contributed by atoms with Gasteiger partial charge in [-0.1, -0.05) is 29.8 Å². The quantitative estimate of drug-likeness (QED) is 0.458. The van der Waals surface area contributed by atoms with Gasteiger partial charge in [0.1, 0.15) is 11.2 Å². The number of aryl methyl sites for hydroxylation is 3. The maximum Gasteiger partial charge on any atom is 0.336 e. The Hall–Kier alpha value is -2.81. The fourth-order valence-electron chi connectivity index (χ4n) is 3.08. The summed E-state index contributed by atoms with van der Waals surface area (Å²) in [5, 5.41) is 1.99. The molecule has 23 heavy (non-hydrogen) atoms. The largest absolute Gasteiger partial charge is 0.463 e. The molecule has 3 nitrogen and oxygen atoms in total. The first kappa shape index (κ1) is 13.8. The monoisotopic (exact) mass is 304 g/mol. The molecule has 2 heterocycles. The lowest BCUT2D eigenvalue weighted by Crippen LogP contribution is -1.99. The topological polar surface area (TPSA) is 43.4 Å². The lowest BCUT2D eigenvalue weighted by molar-refractivity contribution is 0.555. The number of benzene rings is 2. The third-order valence-electron chi connectivity index (χ3n) is 4.37. The number of furan rings is 1. The lowest BCUT2D eigenvalue weighted by atomic mass is 9.99. The SMILES string of the molecule is Cc1ccc(-c2coc3c(C)c4oc(=O)cc(C)c4cc23)cc1. The summed E-state index contributed by atoms with van der Waals surface area (Å²) in [6.45, 7) is 5.92. The highest BCUT2D eigenvalue weighted by Gasteiger charge is 2.15. The summed E-state index contributed by atoms with van der Waals surface area (Å²) in [5.74, 6) is 0.